The van der Waals surface area contributed by atoms with Gasteiger partial charge in [0.05, 0.1) is 6.33 Å². The summed E-state index contributed by atoms with van der Waals surface area (Å²) in [6.07, 6.45) is 1.50. The summed E-state index contributed by atoms with van der Waals surface area (Å²) in [4.78, 5) is 40.5. The third-order valence-corrected chi connectivity index (χ3v) is 4.17. The Morgan fingerprint density at radius 1 is 1.12 bits per heavy atom. The van der Waals surface area contributed by atoms with E-state index in [2.05, 4.69) is 10.3 Å². The number of benzene rings is 1. The molecular weight excluding hydrogens is 322 g/mol. The van der Waals surface area contributed by atoms with Crippen molar-refractivity contribution < 1.29 is 4.79 Å². The van der Waals surface area contributed by atoms with E-state index in [1.807, 2.05) is 19.1 Å². The van der Waals surface area contributed by atoms with Crippen LogP contribution in [-0.2, 0) is 20.6 Å². The van der Waals surface area contributed by atoms with Crippen LogP contribution in [0.3, 0.4) is 0 Å². The van der Waals surface area contributed by atoms with Gasteiger partial charge >= 0.3 is 5.69 Å². The second-order valence-corrected chi connectivity index (χ2v) is 5.94. The summed E-state index contributed by atoms with van der Waals surface area (Å²) in [5, 5.41) is 2.82. The molecule has 0 aliphatic heterocycles. The summed E-state index contributed by atoms with van der Waals surface area (Å²) >= 11 is 0. The number of carbonyl (C=O) groups excluding carboxylic acids is 1. The Morgan fingerprint density at radius 2 is 1.80 bits per heavy atom. The predicted octanol–water partition coefficient (Wildman–Crippen LogP) is 0.172. The molecule has 0 radical (unpaired) electrons. The average molecular weight is 341 g/mol. The third kappa shape index (κ3) is 2.98. The van der Waals surface area contributed by atoms with Crippen molar-refractivity contribution in [3.8, 4) is 0 Å². The highest BCUT2D eigenvalue weighted by molar-refractivity contribution is 5.94. The molecule has 0 aliphatic rings. The zero-order valence-corrected chi connectivity index (χ0v) is 14.3. The lowest BCUT2D eigenvalue weighted by Gasteiger charge is -2.08. The molecule has 8 nitrogen and oxygen atoms in total. The summed E-state index contributed by atoms with van der Waals surface area (Å²) in [7, 11) is 3.00. The van der Waals surface area contributed by atoms with Crippen molar-refractivity contribution in [1.29, 1.82) is 0 Å². The van der Waals surface area contributed by atoms with Crippen LogP contribution in [0.5, 0.6) is 0 Å². The number of carbonyl (C=O) groups is 1. The number of imidazole rings is 1. The number of fused-ring (bicyclic) bond motifs is 1. The van der Waals surface area contributed by atoms with Gasteiger partial charge in [-0.15, -0.1) is 0 Å². The van der Waals surface area contributed by atoms with E-state index in [4.69, 9.17) is 0 Å². The Balaban J connectivity index is 1.78. The van der Waals surface area contributed by atoms with Crippen molar-refractivity contribution in [2.24, 2.45) is 14.1 Å². The first-order valence-corrected chi connectivity index (χ1v) is 7.86. The van der Waals surface area contributed by atoms with E-state index < -0.39 is 11.2 Å². The standard InChI is InChI=1S/C17H19N5O3/c1-11-4-6-12(7-5-11)15(23)18-8-9-22-10-19-14-13(22)16(24)21(3)17(25)20(14)2/h4-7,10H,8-9H2,1-3H3,(H,18,23). The molecule has 3 aromatic rings. The van der Waals surface area contributed by atoms with Gasteiger partial charge in [-0.25, -0.2) is 9.78 Å². The van der Waals surface area contributed by atoms with Crippen molar-refractivity contribution in [3.63, 3.8) is 0 Å². The predicted molar refractivity (Wildman–Crippen MR) is 93.7 cm³/mol. The first-order chi connectivity index (χ1) is 11.9. The van der Waals surface area contributed by atoms with Crippen molar-refractivity contribution in [1.82, 2.24) is 24.0 Å². The lowest BCUT2D eigenvalue weighted by atomic mass is 10.1. The van der Waals surface area contributed by atoms with Crippen LogP contribution in [0.1, 0.15) is 15.9 Å². The van der Waals surface area contributed by atoms with E-state index in [-0.39, 0.29) is 5.91 Å². The van der Waals surface area contributed by atoms with Gasteiger partial charge in [-0.05, 0) is 19.1 Å². The molecule has 1 amide bonds. The van der Waals surface area contributed by atoms with Crippen molar-refractivity contribution in [2.75, 3.05) is 6.54 Å². The Labute approximate surface area is 143 Å². The molecule has 0 fully saturated rings. The summed E-state index contributed by atoms with van der Waals surface area (Å²) in [5.41, 5.74) is 1.52. The number of rotatable bonds is 4. The highest BCUT2D eigenvalue weighted by atomic mass is 16.2. The molecule has 1 aromatic carbocycles. The molecule has 0 aliphatic carbocycles. The van der Waals surface area contributed by atoms with E-state index in [0.717, 1.165) is 10.1 Å². The second kappa shape index (κ2) is 6.39. The highest BCUT2D eigenvalue weighted by Gasteiger charge is 2.14. The van der Waals surface area contributed by atoms with E-state index in [1.54, 1.807) is 23.7 Å². The molecule has 130 valence electrons. The van der Waals surface area contributed by atoms with Crippen LogP contribution < -0.4 is 16.6 Å². The second-order valence-electron chi connectivity index (χ2n) is 5.94. The number of hydrogen-bond acceptors (Lipinski definition) is 4. The lowest BCUT2D eigenvalue weighted by Crippen LogP contribution is -2.38. The van der Waals surface area contributed by atoms with Gasteiger partial charge in [0, 0.05) is 32.7 Å². The van der Waals surface area contributed by atoms with Crippen LogP contribution >= 0.6 is 0 Å². The van der Waals surface area contributed by atoms with E-state index in [9.17, 15) is 14.4 Å². The minimum Gasteiger partial charge on any atom is -0.350 e. The molecule has 0 atom stereocenters. The fourth-order valence-electron chi connectivity index (χ4n) is 2.66. The number of nitrogens with one attached hydrogen (secondary N) is 1. The van der Waals surface area contributed by atoms with Gasteiger partial charge in [0.25, 0.3) is 11.5 Å². The van der Waals surface area contributed by atoms with Gasteiger partial charge < -0.3 is 9.88 Å². The SMILES string of the molecule is Cc1ccc(C(=O)NCCn2cnc3c2c(=O)n(C)c(=O)n3C)cc1. The number of amides is 1. The molecule has 8 heteroatoms. The fourth-order valence-corrected chi connectivity index (χ4v) is 2.66. The molecule has 0 spiro atoms. The summed E-state index contributed by atoms with van der Waals surface area (Å²) in [5.74, 6) is -0.176. The van der Waals surface area contributed by atoms with Gasteiger partial charge in [0.15, 0.2) is 11.2 Å². The van der Waals surface area contributed by atoms with E-state index in [1.165, 1.54) is 17.9 Å². The van der Waals surface area contributed by atoms with Crippen LogP contribution in [0.25, 0.3) is 11.2 Å². The van der Waals surface area contributed by atoms with E-state index in [0.29, 0.717) is 29.8 Å². The molecule has 2 heterocycles. The van der Waals surface area contributed by atoms with Crippen LogP contribution in [-0.4, -0.2) is 31.1 Å². The van der Waals surface area contributed by atoms with E-state index >= 15 is 0 Å². The van der Waals surface area contributed by atoms with Gasteiger partial charge in [0.1, 0.15) is 0 Å². The smallest absolute Gasteiger partial charge is 0.332 e. The monoisotopic (exact) mass is 341 g/mol. The third-order valence-electron chi connectivity index (χ3n) is 4.17. The molecule has 2 aromatic heterocycles. The maximum absolute atomic E-state index is 12.3. The molecule has 25 heavy (non-hydrogen) atoms. The van der Waals surface area contributed by atoms with Gasteiger partial charge in [-0.2, -0.15) is 0 Å². The van der Waals surface area contributed by atoms with Gasteiger partial charge in [-0.3, -0.25) is 18.7 Å². The zero-order chi connectivity index (χ0) is 18.1. The Bertz CT molecular complexity index is 1060. The Morgan fingerprint density at radius 3 is 2.48 bits per heavy atom. The van der Waals surface area contributed by atoms with Crippen LogP contribution in [0.15, 0.2) is 40.2 Å². The quantitative estimate of drug-likeness (QED) is 0.732. The number of aryl methyl sites for hydroxylation is 2. The maximum Gasteiger partial charge on any atom is 0.332 e. The maximum atomic E-state index is 12.3. The Hall–Kier alpha value is -3.16. The topological polar surface area (TPSA) is 90.9 Å². The minimum atomic E-state index is -0.421. The number of aromatic nitrogens is 4. The molecule has 1 N–H and O–H groups in total. The normalized spacial score (nSPS) is 11.0. The Kier molecular flexibility index (Phi) is 4.26. The highest BCUT2D eigenvalue weighted by Crippen LogP contribution is 2.05. The van der Waals surface area contributed by atoms with Crippen LogP contribution in [0.2, 0.25) is 0 Å². The first-order valence-electron chi connectivity index (χ1n) is 7.86. The van der Waals surface area contributed by atoms with Crippen molar-refractivity contribution >= 4 is 17.1 Å². The molecule has 3 rings (SSSR count). The molecule has 0 saturated heterocycles. The zero-order valence-electron chi connectivity index (χ0n) is 14.3. The fraction of sp³-hybridized carbons (Fsp3) is 0.294. The summed E-state index contributed by atoms with van der Waals surface area (Å²) in [6.45, 7) is 2.67. The first kappa shape index (κ1) is 16.7. The van der Waals surface area contributed by atoms with Crippen molar-refractivity contribution in [2.45, 2.75) is 13.5 Å². The number of nitrogens with zero attached hydrogens (tertiary/aromatic N) is 4. The number of hydrogen-bond donors (Lipinski definition) is 1. The molecule has 0 bridgehead atoms. The van der Waals surface area contributed by atoms with Gasteiger partial charge in [0.2, 0.25) is 0 Å². The summed E-state index contributed by atoms with van der Waals surface area (Å²) in [6, 6.07) is 7.29. The summed E-state index contributed by atoms with van der Waals surface area (Å²) < 4.78 is 4.02. The average Bonchev–Trinajstić information content (AvgIpc) is 3.02. The van der Waals surface area contributed by atoms with Crippen LogP contribution in [0, 0.1) is 6.92 Å². The largest absolute Gasteiger partial charge is 0.350 e. The minimum absolute atomic E-state index is 0.176. The van der Waals surface area contributed by atoms with Crippen LogP contribution in [0.4, 0.5) is 0 Å². The lowest BCUT2D eigenvalue weighted by molar-refractivity contribution is 0.0952. The molecular formula is C17H19N5O3. The molecule has 0 saturated carbocycles. The molecule has 0 unspecified atom stereocenters. The van der Waals surface area contributed by atoms with Gasteiger partial charge in [-0.1, -0.05) is 17.7 Å². The van der Waals surface area contributed by atoms with Crippen molar-refractivity contribution in [3.05, 3.63) is 62.6 Å².